The van der Waals surface area contributed by atoms with Crippen LogP contribution in [0.3, 0.4) is 0 Å². The largest absolute Gasteiger partial charge is 0.381 e. The van der Waals surface area contributed by atoms with E-state index in [1.807, 2.05) is 0 Å². The van der Waals surface area contributed by atoms with Gasteiger partial charge in [0.2, 0.25) is 0 Å². The van der Waals surface area contributed by atoms with Gasteiger partial charge in [0.25, 0.3) is 0 Å². The van der Waals surface area contributed by atoms with E-state index in [1.54, 1.807) is 6.92 Å². The normalized spacial score (nSPS) is 23.5. The molecule has 0 spiro atoms. The first kappa shape index (κ1) is 13.9. The summed E-state index contributed by atoms with van der Waals surface area (Å²) in [6.07, 6.45) is 1.81. The zero-order valence-corrected chi connectivity index (χ0v) is 11.1. The first-order chi connectivity index (χ1) is 7.55. The molecule has 1 aliphatic heterocycles. The Kier molecular flexibility index (Phi) is 5.72. The Labute approximate surface area is 98.7 Å². The summed E-state index contributed by atoms with van der Waals surface area (Å²) in [5.41, 5.74) is 0. The third-order valence-electron chi connectivity index (χ3n) is 3.21. The fourth-order valence-corrected chi connectivity index (χ4v) is 2.75. The predicted octanol–water partition coefficient (Wildman–Crippen LogP) is 0.826. The molecular weight excluding hydrogens is 226 g/mol. The quantitative estimate of drug-likeness (QED) is 0.679. The van der Waals surface area contributed by atoms with Gasteiger partial charge in [0.15, 0.2) is 0 Å². The maximum Gasteiger partial charge on any atom is 0.150 e. The summed E-state index contributed by atoms with van der Waals surface area (Å²) < 4.78 is 27.8. The molecule has 5 heteroatoms. The molecule has 2 atom stereocenters. The highest BCUT2D eigenvalue weighted by atomic mass is 32.2. The molecule has 1 heterocycles. The average Bonchev–Trinajstić information content (AvgIpc) is 2.77. The van der Waals surface area contributed by atoms with Crippen LogP contribution in [0.2, 0.25) is 0 Å². The van der Waals surface area contributed by atoms with Crippen molar-refractivity contribution in [1.29, 1.82) is 0 Å². The van der Waals surface area contributed by atoms with Crippen molar-refractivity contribution < 1.29 is 13.2 Å². The second-order valence-corrected chi connectivity index (χ2v) is 6.93. The SMILES string of the molecule is CCS(=O)(=O)CCCNC(C)C1CCOC1. The fraction of sp³-hybridized carbons (Fsp3) is 1.00. The molecular formula is C11H23NO3S. The van der Waals surface area contributed by atoms with E-state index in [1.165, 1.54) is 0 Å². The van der Waals surface area contributed by atoms with Gasteiger partial charge in [-0.15, -0.1) is 0 Å². The molecule has 0 radical (unpaired) electrons. The third-order valence-corrected chi connectivity index (χ3v) is 5.00. The zero-order valence-electron chi connectivity index (χ0n) is 10.2. The van der Waals surface area contributed by atoms with E-state index in [2.05, 4.69) is 12.2 Å². The Balaban J connectivity index is 2.11. The maximum atomic E-state index is 11.3. The predicted molar refractivity (Wildman–Crippen MR) is 65.3 cm³/mol. The van der Waals surface area contributed by atoms with Crippen molar-refractivity contribution in [3.8, 4) is 0 Å². The van der Waals surface area contributed by atoms with Gasteiger partial charge in [-0.2, -0.15) is 0 Å². The van der Waals surface area contributed by atoms with Crippen molar-refractivity contribution in [2.24, 2.45) is 5.92 Å². The monoisotopic (exact) mass is 249 g/mol. The molecule has 96 valence electrons. The van der Waals surface area contributed by atoms with Gasteiger partial charge in [-0.1, -0.05) is 6.92 Å². The highest BCUT2D eigenvalue weighted by Crippen LogP contribution is 2.16. The molecule has 16 heavy (non-hydrogen) atoms. The van der Waals surface area contributed by atoms with Gasteiger partial charge in [-0.05, 0) is 32.2 Å². The minimum Gasteiger partial charge on any atom is -0.381 e. The van der Waals surface area contributed by atoms with Crippen molar-refractivity contribution in [1.82, 2.24) is 5.32 Å². The van der Waals surface area contributed by atoms with Crippen LogP contribution in [0.15, 0.2) is 0 Å². The summed E-state index contributed by atoms with van der Waals surface area (Å²) in [6, 6.07) is 0.423. The van der Waals surface area contributed by atoms with E-state index in [0.29, 0.717) is 24.1 Å². The number of nitrogens with one attached hydrogen (secondary N) is 1. The second kappa shape index (κ2) is 6.57. The molecule has 1 saturated heterocycles. The lowest BCUT2D eigenvalue weighted by molar-refractivity contribution is 0.178. The van der Waals surface area contributed by atoms with Gasteiger partial charge in [-0.25, -0.2) is 8.42 Å². The van der Waals surface area contributed by atoms with Crippen LogP contribution in [0.25, 0.3) is 0 Å². The zero-order chi connectivity index (χ0) is 12.0. The Morgan fingerprint density at radius 3 is 2.81 bits per heavy atom. The van der Waals surface area contributed by atoms with Gasteiger partial charge in [0.05, 0.1) is 12.4 Å². The molecule has 1 aliphatic rings. The number of rotatable bonds is 7. The molecule has 1 fully saturated rings. The molecule has 0 aromatic heterocycles. The summed E-state index contributed by atoms with van der Waals surface area (Å²) in [5.74, 6) is 1.13. The van der Waals surface area contributed by atoms with E-state index in [9.17, 15) is 8.42 Å². The van der Waals surface area contributed by atoms with E-state index < -0.39 is 9.84 Å². The summed E-state index contributed by atoms with van der Waals surface area (Å²) in [7, 11) is -2.80. The third kappa shape index (κ3) is 4.80. The Hall–Kier alpha value is -0.130. The van der Waals surface area contributed by atoms with Crippen molar-refractivity contribution in [3.05, 3.63) is 0 Å². The summed E-state index contributed by atoms with van der Waals surface area (Å²) in [6.45, 7) is 6.31. The fourth-order valence-electron chi connectivity index (χ4n) is 1.88. The number of hydrogen-bond donors (Lipinski definition) is 1. The number of sulfone groups is 1. The lowest BCUT2D eigenvalue weighted by Gasteiger charge is -2.19. The van der Waals surface area contributed by atoms with Crippen molar-refractivity contribution in [2.75, 3.05) is 31.3 Å². The molecule has 4 nitrogen and oxygen atoms in total. The van der Waals surface area contributed by atoms with Gasteiger partial charge in [0, 0.05) is 18.4 Å². The highest BCUT2D eigenvalue weighted by Gasteiger charge is 2.21. The molecule has 0 bridgehead atoms. The number of ether oxygens (including phenoxy) is 1. The van der Waals surface area contributed by atoms with E-state index in [0.717, 1.165) is 26.2 Å². The van der Waals surface area contributed by atoms with Gasteiger partial charge < -0.3 is 10.1 Å². The standard InChI is InChI=1S/C11H23NO3S/c1-3-16(13,14)8-4-6-12-10(2)11-5-7-15-9-11/h10-12H,3-9H2,1-2H3. The topological polar surface area (TPSA) is 55.4 Å². The van der Waals surface area contributed by atoms with Crippen LogP contribution in [0, 0.1) is 5.92 Å². The van der Waals surface area contributed by atoms with Crippen LogP contribution in [0.4, 0.5) is 0 Å². The summed E-state index contributed by atoms with van der Waals surface area (Å²) in [5, 5.41) is 3.38. The van der Waals surface area contributed by atoms with Crippen molar-refractivity contribution in [3.63, 3.8) is 0 Å². The Bertz CT molecular complexity index is 284. The second-order valence-electron chi connectivity index (χ2n) is 4.46. The Morgan fingerprint density at radius 2 is 2.25 bits per heavy atom. The van der Waals surface area contributed by atoms with Gasteiger partial charge in [0.1, 0.15) is 9.84 Å². The van der Waals surface area contributed by atoms with Crippen LogP contribution in [-0.4, -0.2) is 45.7 Å². The first-order valence-corrected chi connectivity index (χ1v) is 7.89. The molecule has 0 aromatic rings. The highest BCUT2D eigenvalue weighted by molar-refractivity contribution is 7.91. The van der Waals surface area contributed by atoms with Crippen LogP contribution in [0.1, 0.15) is 26.7 Å². The smallest absolute Gasteiger partial charge is 0.150 e. The maximum absolute atomic E-state index is 11.3. The Morgan fingerprint density at radius 1 is 1.50 bits per heavy atom. The lowest BCUT2D eigenvalue weighted by atomic mass is 10.0. The molecule has 0 aromatic carbocycles. The molecule has 0 amide bonds. The molecule has 1 rings (SSSR count). The minimum atomic E-state index is -2.80. The molecule has 2 unspecified atom stereocenters. The average molecular weight is 249 g/mol. The first-order valence-electron chi connectivity index (χ1n) is 6.06. The van der Waals surface area contributed by atoms with Crippen LogP contribution < -0.4 is 5.32 Å². The van der Waals surface area contributed by atoms with Crippen LogP contribution in [0.5, 0.6) is 0 Å². The number of hydrogen-bond acceptors (Lipinski definition) is 4. The van der Waals surface area contributed by atoms with Crippen molar-refractivity contribution >= 4 is 9.84 Å². The van der Waals surface area contributed by atoms with Crippen LogP contribution in [-0.2, 0) is 14.6 Å². The van der Waals surface area contributed by atoms with Crippen molar-refractivity contribution in [2.45, 2.75) is 32.7 Å². The van der Waals surface area contributed by atoms with E-state index in [4.69, 9.17) is 4.74 Å². The van der Waals surface area contributed by atoms with Gasteiger partial charge in [-0.3, -0.25) is 0 Å². The molecule has 1 N–H and O–H groups in total. The molecule has 0 aliphatic carbocycles. The minimum absolute atomic E-state index is 0.249. The molecule has 0 saturated carbocycles. The summed E-state index contributed by atoms with van der Waals surface area (Å²) in [4.78, 5) is 0. The summed E-state index contributed by atoms with van der Waals surface area (Å²) >= 11 is 0. The van der Waals surface area contributed by atoms with E-state index >= 15 is 0 Å². The van der Waals surface area contributed by atoms with Crippen LogP contribution >= 0.6 is 0 Å². The lowest BCUT2D eigenvalue weighted by Crippen LogP contribution is -2.35. The van der Waals surface area contributed by atoms with E-state index in [-0.39, 0.29) is 5.75 Å². The van der Waals surface area contributed by atoms with Gasteiger partial charge >= 0.3 is 0 Å².